The molecule has 5 aromatic rings. The van der Waals surface area contributed by atoms with Gasteiger partial charge in [0, 0.05) is 35.1 Å². The molecule has 0 radical (unpaired) electrons. The second-order valence-corrected chi connectivity index (χ2v) is 12.5. The van der Waals surface area contributed by atoms with E-state index < -0.39 is 21.8 Å². The van der Waals surface area contributed by atoms with Gasteiger partial charge < -0.3 is 5.32 Å². The largest absolute Gasteiger partial charge is 0.324 e. The molecule has 1 amide bonds. The molecule has 0 saturated carbocycles. The van der Waals surface area contributed by atoms with Gasteiger partial charge in [-0.1, -0.05) is 23.7 Å². The monoisotopic (exact) mass is 561 g/mol. The maximum atomic E-state index is 13.4. The van der Waals surface area contributed by atoms with E-state index in [0.717, 1.165) is 22.5 Å². The Bertz CT molecular complexity index is 1650. The first kappa shape index (κ1) is 26.7. The van der Waals surface area contributed by atoms with E-state index in [0.29, 0.717) is 22.1 Å². The molecule has 2 N–H and O–H groups in total. The number of aromatic nitrogens is 5. The number of fused-ring (bicyclic) bond motifs is 1. The summed E-state index contributed by atoms with van der Waals surface area (Å²) >= 11 is 6.05. The number of nitrogens with one attached hydrogen (secondary N) is 2. The predicted molar refractivity (Wildman–Crippen MR) is 154 cm³/mol. The molecule has 0 bridgehead atoms. The van der Waals surface area contributed by atoms with Gasteiger partial charge in [0.2, 0.25) is 5.91 Å². The number of hydrogen-bond donors (Lipinski definition) is 2. The highest BCUT2D eigenvalue weighted by atomic mass is 35.5. The number of hydrogen-bond acceptors (Lipinski definition) is 5. The minimum atomic E-state index is -1.47. The van der Waals surface area contributed by atoms with E-state index in [1.54, 1.807) is 35.1 Å². The van der Waals surface area contributed by atoms with Crippen LogP contribution < -0.4 is 10.0 Å². The molecule has 2 aromatic carbocycles. The quantitative estimate of drug-likeness (QED) is 0.285. The molecule has 2 atom stereocenters. The van der Waals surface area contributed by atoms with Crippen molar-refractivity contribution in [3.8, 4) is 22.6 Å². The number of nitrogens with zero attached hydrogens (tertiary/aromatic N) is 5. The maximum absolute atomic E-state index is 13.4. The molecule has 0 aliphatic heterocycles. The first-order valence-electron chi connectivity index (χ1n) is 12.3. The second-order valence-electron chi connectivity index (χ2n) is 10.1. The van der Waals surface area contributed by atoms with Crippen LogP contribution in [0.5, 0.6) is 0 Å². The van der Waals surface area contributed by atoms with Crippen LogP contribution in [0.3, 0.4) is 0 Å². The van der Waals surface area contributed by atoms with Gasteiger partial charge in [0.15, 0.2) is 0 Å². The number of halogens is 1. The Labute approximate surface area is 233 Å². The molecule has 3 heterocycles. The molecule has 0 aliphatic rings. The summed E-state index contributed by atoms with van der Waals surface area (Å²) in [5.74, 6) is 0.374. The zero-order chi connectivity index (χ0) is 27.7. The summed E-state index contributed by atoms with van der Waals surface area (Å²) in [6.45, 7) is 5.54. The van der Waals surface area contributed by atoms with E-state index >= 15 is 0 Å². The molecule has 2 unspecified atom stereocenters. The van der Waals surface area contributed by atoms with Gasteiger partial charge in [0.1, 0.15) is 23.8 Å². The summed E-state index contributed by atoms with van der Waals surface area (Å²) in [5, 5.41) is 7.78. The zero-order valence-electron chi connectivity index (χ0n) is 21.9. The van der Waals surface area contributed by atoms with Gasteiger partial charge in [-0.2, -0.15) is 5.10 Å². The van der Waals surface area contributed by atoms with Gasteiger partial charge in [-0.15, -0.1) is 0 Å². The fraction of sp³-hybridized carbons (Fsp3) is 0.214. The lowest BCUT2D eigenvalue weighted by molar-refractivity contribution is -0.117. The molecule has 200 valence electrons. The maximum Gasteiger partial charge on any atom is 0.247 e. The Kier molecular flexibility index (Phi) is 7.35. The number of aryl methyl sites for hydroxylation is 1. The Balaban J connectivity index is 1.42. The van der Waals surface area contributed by atoms with E-state index in [4.69, 9.17) is 11.6 Å². The summed E-state index contributed by atoms with van der Waals surface area (Å²) in [4.78, 5) is 22.3. The average molecular weight is 562 g/mol. The minimum absolute atomic E-state index is 0.337. The Morgan fingerprint density at radius 1 is 0.974 bits per heavy atom. The highest BCUT2D eigenvalue weighted by Crippen LogP contribution is 2.28. The van der Waals surface area contributed by atoms with Crippen molar-refractivity contribution >= 4 is 39.8 Å². The fourth-order valence-electron chi connectivity index (χ4n) is 4.06. The van der Waals surface area contributed by atoms with Gasteiger partial charge in [-0.25, -0.2) is 18.9 Å². The molecule has 39 heavy (non-hydrogen) atoms. The van der Waals surface area contributed by atoms with Crippen LogP contribution in [0.25, 0.3) is 28.3 Å². The summed E-state index contributed by atoms with van der Waals surface area (Å²) in [7, 11) is 0.399. The lowest BCUT2D eigenvalue weighted by Crippen LogP contribution is -2.40. The number of benzene rings is 2. The number of anilines is 1. The molecule has 11 heteroatoms. The third-order valence-corrected chi connectivity index (χ3v) is 7.91. The third kappa shape index (κ3) is 5.78. The lowest BCUT2D eigenvalue weighted by Gasteiger charge is -2.24. The van der Waals surface area contributed by atoms with Crippen LogP contribution in [-0.2, 0) is 22.8 Å². The van der Waals surface area contributed by atoms with E-state index in [9.17, 15) is 9.00 Å². The van der Waals surface area contributed by atoms with Crippen LogP contribution in [-0.4, -0.2) is 39.0 Å². The van der Waals surface area contributed by atoms with Crippen molar-refractivity contribution in [1.82, 2.24) is 28.9 Å². The third-order valence-electron chi connectivity index (χ3n) is 6.10. The van der Waals surface area contributed by atoms with Crippen molar-refractivity contribution in [2.75, 3.05) is 5.32 Å². The van der Waals surface area contributed by atoms with Gasteiger partial charge in [0.25, 0.3) is 0 Å². The van der Waals surface area contributed by atoms with E-state index in [1.807, 2.05) is 74.8 Å². The smallest absolute Gasteiger partial charge is 0.247 e. The summed E-state index contributed by atoms with van der Waals surface area (Å²) in [5.41, 5.74) is 4.74. The van der Waals surface area contributed by atoms with E-state index in [2.05, 4.69) is 25.1 Å². The van der Waals surface area contributed by atoms with Crippen molar-refractivity contribution < 1.29 is 9.00 Å². The minimum Gasteiger partial charge on any atom is -0.324 e. The molecular weight excluding hydrogens is 534 g/mol. The summed E-state index contributed by atoms with van der Waals surface area (Å²) < 4.78 is 19.0. The molecule has 9 nitrogen and oxygen atoms in total. The molecule has 0 aliphatic carbocycles. The zero-order valence-corrected chi connectivity index (χ0v) is 23.5. The number of amides is 1. The van der Waals surface area contributed by atoms with E-state index in [1.165, 1.54) is 6.33 Å². The SMILES string of the molecule is Cn1cc(-c2ccc3ncnc(-c4ccc(NC(=O)C(NS(=O)C(C)(C)C)c5ccc(Cl)cc5)cc4)n23)cn1. The van der Waals surface area contributed by atoms with Crippen molar-refractivity contribution in [1.29, 1.82) is 0 Å². The second kappa shape index (κ2) is 10.7. The normalized spacial score (nSPS) is 13.4. The Morgan fingerprint density at radius 2 is 1.69 bits per heavy atom. The predicted octanol–water partition coefficient (Wildman–Crippen LogP) is 5.18. The molecule has 0 fully saturated rings. The molecule has 5 rings (SSSR count). The van der Waals surface area contributed by atoms with Crippen LogP contribution in [0.2, 0.25) is 5.02 Å². The fourth-order valence-corrected chi connectivity index (χ4v) is 5.00. The summed E-state index contributed by atoms with van der Waals surface area (Å²) in [6, 6.07) is 17.4. The van der Waals surface area contributed by atoms with Crippen LogP contribution in [0, 0.1) is 0 Å². The van der Waals surface area contributed by atoms with Gasteiger partial charge in [0.05, 0.1) is 27.6 Å². The van der Waals surface area contributed by atoms with Crippen molar-refractivity contribution in [3.63, 3.8) is 0 Å². The van der Waals surface area contributed by atoms with Crippen LogP contribution in [0.15, 0.2) is 79.4 Å². The molecule has 0 spiro atoms. The van der Waals surface area contributed by atoms with E-state index in [-0.39, 0.29) is 5.91 Å². The molecule has 0 saturated heterocycles. The van der Waals surface area contributed by atoms with Gasteiger partial charge in [-0.05, 0) is 74.9 Å². The highest BCUT2D eigenvalue weighted by molar-refractivity contribution is 7.84. The lowest BCUT2D eigenvalue weighted by atomic mass is 10.1. The summed E-state index contributed by atoms with van der Waals surface area (Å²) in [6.07, 6.45) is 5.27. The van der Waals surface area contributed by atoms with Gasteiger partial charge in [-0.3, -0.25) is 13.9 Å². The highest BCUT2D eigenvalue weighted by Gasteiger charge is 2.28. The molecule has 3 aromatic heterocycles. The first-order valence-corrected chi connectivity index (χ1v) is 13.8. The topological polar surface area (TPSA) is 106 Å². The standard InChI is InChI=1S/C28H28ClN7O2S/c1-28(2,3)39(38)34-25(18-5-9-21(29)10-6-18)27(37)33-22-11-7-19(8-12-22)26-31-17-30-24-14-13-23(36(24)26)20-15-32-35(4)16-20/h5-17,25,34H,1-4H3,(H,33,37). The van der Waals surface area contributed by atoms with Crippen LogP contribution in [0.1, 0.15) is 32.4 Å². The Morgan fingerprint density at radius 3 is 2.33 bits per heavy atom. The van der Waals surface area contributed by atoms with Gasteiger partial charge >= 0.3 is 0 Å². The average Bonchev–Trinajstić information content (AvgIpc) is 3.53. The van der Waals surface area contributed by atoms with Crippen molar-refractivity contribution in [2.45, 2.75) is 31.6 Å². The Hall–Kier alpha value is -3.86. The van der Waals surface area contributed by atoms with Crippen molar-refractivity contribution in [3.05, 3.63) is 90.0 Å². The number of carbonyl (C=O) groups excluding carboxylic acids is 1. The number of rotatable bonds is 7. The van der Waals surface area contributed by atoms with Crippen LogP contribution in [0.4, 0.5) is 5.69 Å². The molecular formula is C28H28ClN7O2S. The number of carbonyl (C=O) groups is 1. The van der Waals surface area contributed by atoms with Crippen molar-refractivity contribution in [2.24, 2.45) is 7.05 Å². The first-order chi connectivity index (χ1) is 18.6. The van der Waals surface area contributed by atoms with Crippen LogP contribution >= 0.6 is 11.6 Å².